The van der Waals surface area contributed by atoms with Gasteiger partial charge in [0.15, 0.2) is 0 Å². The summed E-state index contributed by atoms with van der Waals surface area (Å²) in [5.41, 5.74) is 5.28. The molecule has 0 atom stereocenters. The minimum Gasteiger partial charge on any atom is -0.467 e. The summed E-state index contributed by atoms with van der Waals surface area (Å²) in [5.74, 6) is 1.56. The number of carbonyl (C=O) groups is 2. The smallest absolute Gasteiger partial charge is 0.237 e. The van der Waals surface area contributed by atoms with Crippen LogP contribution in [0.1, 0.15) is 30.3 Å². The summed E-state index contributed by atoms with van der Waals surface area (Å²) in [5, 5.41) is 2.86. The zero-order valence-corrected chi connectivity index (χ0v) is 14.1. The fourth-order valence-corrected chi connectivity index (χ4v) is 3.19. The van der Waals surface area contributed by atoms with Crippen LogP contribution in [-0.4, -0.2) is 45.9 Å². The SMILES string of the molecule is NC(=O)Cn1ccnc1C1CCN(CC(=O)NCc2ccco2)CC1. The molecule has 1 aliphatic rings. The first-order chi connectivity index (χ1) is 12.1. The first kappa shape index (κ1) is 17.2. The number of nitrogens with zero attached hydrogens (tertiary/aromatic N) is 3. The fraction of sp³-hybridized carbons (Fsp3) is 0.471. The van der Waals surface area contributed by atoms with Crippen LogP contribution in [0.2, 0.25) is 0 Å². The van der Waals surface area contributed by atoms with Gasteiger partial charge in [0, 0.05) is 18.3 Å². The average molecular weight is 345 g/mol. The predicted octanol–water partition coefficient (Wildman–Crippen LogP) is 0.457. The normalized spacial score (nSPS) is 16.0. The molecule has 0 spiro atoms. The maximum atomic E-state index is 12.0. The number of nitrogens with two attached hydrogens (primary N) is 1. The van der Waals surface area contributed by atoms with Crippen molar-refractivity contribution in [2.24, 2.45) is 5.73 Å². The molecule has 0 aromatic carbocycles. The molecule has 3 heterocycles. The summed E-state index contributed by atoms with van der Waals surface area (Å²) in [4.78, 5) is 29.7. The van der Waals surface area contributed by atoms with Gasteiger partial charge in [0.25, 0.3) is 0 Å². The van der Waals surface area contributed by atoms with Crippen LogP contribution in [0.3, 0.4) is 0 Å². The number of rotatable bonds is 7. The Morgan fingerprint density at radius 1 is 1.32 bits per heavy atom. The molecular weight excluding hydrogens is 322 g/mol. The zero-order chi connectivity index (χ0) is 17.6. The Labute approximate surface area is 146 Å². The topological polar surface area (TPSA) is 106 Å². The molecule has 1 aliphatic heterocycles. The molecule has 1 fully saturated rings. The second-order valence-electron chi connectivity index (χ2n) is 6.29. The van der Waals surface area contributed by atoms with Crippen molar-refractivity contribution in [3.8, 4) is 0 Å². The molecule has 8 heteroatoms. The van der Waals surface area contributed by atoms with Gasteiger partial charge in [0.05, 0.1) is 19.4 Å². The second-order valence-corrected chi connectivity index (χ2v) is 6.29. The van der Waals surface area contributed by atoms with E-state index in [2.05, 4.69) is 15.2 Å². The van der Waals surface area contributed by atoms with E-state index >= 15 is 0 Å². The summed E-state index contributed by atoms with van der Waals surface area (Å²) in [7, 11) is 0. The number of amides is 2. The van der Waals surface area contributed by atoms with E-state index < -0.39 is 0 Å². The number of hydrogen-bond acceptors (Lipinski definition) is 5. The molecule has 8 nitrogen and oxygen atoms in total. The Morgan fingerprint density at radius 3 is 2.80 bits per heavy atom. The number of hydrogen-bond donors (Lipinski definition) is 2. The average Bonchev–Trinajstić information content (AvgIpc) is 3.25. The van der Waals surface area contributed by atoms with Crippen molar-refractivity contribution in [1.82, 2.24) is 19.8 Å². The van der Waals surface area contributed by atoms with Crippen molar-refractivity contribution < 1.29 is 14.0 Å². The van der Waals surface area contributed by atoms with Crippen LogP contribution in [-0.2, 0) is 22.7 Å². The van der Waals surface area contributed by atoms with Gasteiger partial charge in [-0.3, -0.25) is 14.5 Å². The van der Waals surface area contributed by atoms with Crippen molar-refractivity contribution in [1.29, 1.82) is 0 Å². The number of carbonyl (C=O) groups excluding carboxylic acids is 2. The lowest BCUT2D eigenvalue weighted by Gasteiger charge is -2.31. The van der Waals surface area contributed by atoms with Crippen LogP contribution in [0, 0.1) is 0 Å². The highest BCUT2D eigenvalue weighted by Gasteiger charge is 2.25. The molecule has 0 aliphatic carbocycles. The monoisotopic (exact) mass is 345 g/mol. The Bertz CT molecular complexity index is 702. The third-order valence-corrected chi connectivity index (χ3v) is 4.43. The Balaban J connectivity index is 1.45. The maximum Gasteiger partial charge on any atom is 0.237 e. The van der Waals surface area contributed by atoms with Crippen LogP contribution >= 0.6 is 0 Å². The lowest BCUT2D eigenvalue weighted by atomic mass is 9.96. The molecule has 1 saturated heterocycles. The van der Waals surface area contributed by atoms with E-state index in [0.29, 0.717) is 13.1 Å². The first-order valence-electron chi connectivity index (χ1n) is 8.42. The molecule has 3 rings (SSSR count). The lowest BCUT2D eigenvalue weighted by Crippen LogP contribution is -2.41. The molecule has 25 heavy (non-hydrogen) atoms. The van der Waals surface area contributed by atoms with Gasteiger partial charge in [-0.25, -0.2) is 4.98 Å². The highest BCUT2D eigenvalue weighted by molar-refractivity contribution is 5.77. The molecule has 134 valence electrons. The van der Waals surface area contributed by atoms with Gasteiger partial charge in [0.2, 0.25) is 11.8 Å². The number of piperidine rings is 1. The van der Waals surface area contributed by atoms with Gasteiger partial charge in [-0.15, -0.1) is 0 Å². The maximum absolute atomic E-state index is 12.0. The summed E-state index contributed by atoms with van der Waals surface area (Å²) >= 11 is 0. The fourth-order valence-electron chi connectivity index (χ4n) is 3.19. The largest absolute Gasteiger partial charge is 0.467 e. The van der Waals surface area contributed by atoms with Crippen LogP contribution in [0.4, 0.5) is 0 Å². The van der Waals surface area contributed by atoms with E-state index in [-0.39, 0.29) is 24.3 Å². The molecule has 2 amide bonds. The van der Waals surface area contributed by atoms with Crippen molar-refractivity contribution in [2.75, 3.05) is 19.6 Å². The summed E-state index contributed by atoms with van der Waals surface area (Å²) in [6.45, 7) is 2.59. The minimum absolute atomic E-state index is 0.00919. The number of furan rings is 1. The first-order valence-corrected chi connectivity index (χ1v) is 8.42. The third kappa shape index (κ3) is 4.69. The standard InChI is InChI=1S/C17H23N5O3/c18-15(23)11-22-8-5-19-17(22)13-3-6-21(7-4-13)12-16(24)20-10-14-2-1-9-25-14/h1-2,5,8-9,13H,3-4,6-7,10-12H2,(H2,18,23)(H,20,24). The lowest BCUT2D eigenvalue weighted by molar-refractivity contribution is -0.123. The van der Waals surface area contributed by atoms with E-state index in [9.17, 15) is 9.59 Å². The number of primary amides is 1. The van der Waals surface area contributed by atoms with Crippen molar-refractivity contribution in [3.05, 3.63) is 42.4 Å². The van der Waals surface area contributed by atoms with Crippen molar-refractivity contribution >= 4 is 11.8 Å². The molecule has 3 N–H and O–H groups in total. The number of likely N-dealkylation sites (tertiary alicyclic amines) is 1. The van der Waals surface area contributed by atoms with Crippen molar-refractivity contribution in [2.45, 2.75) is 31.8 Å². The Morgan fingerprint density at radius 2 is 2.12 bits per heavy atom. The highest BCUT2D eigenvalue weighted by Crippen LogP contribution is 2.26. The predicted molar refractivity (Wildman–Crippen MR) is 90.4 cm³/mol. The number of imidazole rings is 1. The van der Waals surface area contributed by atoms with Crippen LogP contribution in [0.25, 0.3) is 0 Å². The van der Waals surface area contributed by atoms with Gasteiger partial charge in [-0.1, -0.05) is 0 Å². The summed E-state index contributed by atoms with van der Waals surface area (Å²) in [6.07, 6.45) is 6.89. The van der Waals surface area contributed by atoms with E-state index in [1.54, 1.807) is 24.7 Å². The second kappa shape index (κ2) is 7.98. The molecule has 0 radical (unpaired) electrons. The molecule has 0 bridgehead atoms. The number of aromatic nitrogens is 2. The minimum atomic E-state index is -0.370. The van der Waals surface area contributed by atoms with Crippen LogP contribution < -0.4 is 11.1 Å². The van der Waals surface area contributed by atoms with Crippen LogP contribution in [0.15, 0.2) is 35.2 Å². The quantitative estimate of drug-likeness (QED) is 0.758. The van der Waals surface area contributed by atoms with Crippen molar-refractivity contribution in [3.63, 3.8) is 0 Å². The highest BCUT2D eigenvalue weighted by atomic mass is 16.3. The van der Waals surface area contributed by atoms with Gasteiger partial charge in [-0.2, -0.15) is 0 Å². The molecular formula is C17H23N5O3. The van der Waals surface area contributed by atoms with Gasteiger partial charge < -0.3 is 20.0 Å². The molecule has 0 unspecified atom stereocenters. The summed E-state index contributed by atoms with van der Waals surface area (Å²) in [6, 6.07) is 3.63. The molecule has 2 aromatic rings. The van der Waals surface area contributed by atoms with E-state index in [1.165, 1.54) is 0 Å². The van der Waals surface area contributed by atoms with Crippen LogP contribution in [0.5, 0.6) is 0 Å². The molecule has 0 saturated carbocycles. The Kier molecular flexibility index (Phi) is 5.49. The third-order valence-electron chi connectivity index (χ3n) is 4.43. The van der Waals surface area contributed by atoms with E-state index in [4.69, 9.17) is 10.2 Å². The number of nitrogens with one attached hydrogen (secondary N) is 1. The van der Waals surface area contributed by atoms with Gasteiger partial charge in [-0.05, 0) is 38.1 Å². The van der Waals surface area contributed by atoms with E-state index in [1.807, 2.05) is 10.6 Å². The molecule has 2 aromatic heterocycles. The summed E-state index contributed by atoms with van der Waals surface area (Å²) < 4.78 is 7.02. The zero-order valence-electron chi connectivity index (χ0n) is 14.1. The van der Waals surface area contributed by atoms with Gasteiger partial charge >= 0.3 is 0 Å². The van der Waals surface area contributed by atoms with E-state index in [0.717, 1.165) is 37.5 Å². The van der Waals surface area contributed by atoms with Gasteiger partial charge in [0.1, 0.15) is 18.1 Å². The Hall–Kier alpha value is -2.61.